The van der Waals surface area contributed by atoms with Gasteiger partial charge in [-0.15, -0.1) is 22.7 Å². The molecular formula is C29H23FN4O4S3. The van der Waals surface area contributed by atoms with Crippen molar-refractivity contribution >= 4 is 65.4 Å². The summed E-state index contributed by atoms with van der Waals surface area (Å²) in [5, 5.41) is 4.44. The summed E-state index contributed by atoms with van der Waals surface area (Å²) in [5.74, 6) is -0.967. The molecular weight excluding hydrogens is 584 g/mol. The average molecular weight is 607 g/mol. The lowest BCUT2D eigenvalue weighted by molar-refractivity contribution is -0.129. The number of carbonyl (C=O) groups excluding carboxylic acids is 2. The molecule has 0 aliphatic carbocycles. The van der Waals surface area contributed by atoms with Crippen LogP contribution in [0, 0.1) is 5.82 Å². The Hall–Kier alpha value is -4.13. The van der Waals surface area contributed by atoms with E-state index >= 15 is 0 Å². The van der Waals surface area contributed by atoms with Crippen molar-refractivity contribution in [3.63, 3.8) is 0 Å². The van der Waals surface area contributed by atoms with Crippen molar-refractivity contribution in [1.82, 2.24) is 9.88 Å². The third kappa shape index (κ3) is 5.45. The van der Waals surface area contributed by atoms with Gasteiger partial charge in [0.15, 0.2) is 0 Å². The predicted molar refractivity (Wildman–Crippen MR) is 159 cm³/mol. The van der Waals surface area contributed by atoms with E-state index in [1.54, 1.807) is 35.3 Å². The van der Waals surface area contributed by atoms with Crippen molar-refractivity contribution in [2.45, 2.75) is 24.8 Å². The molecule has 0 unspecified atom stereocenters. The van der Waals surface area contributed by atoms with Crippen LogP contribution in [-0.4, -0.2) is 36.7 Å². The number of sulfonamides is 1. The van der Waals surface area contributed by atoms with Crippen LogP contribution in [-0.2, 0) is 27.8 Å². The molecule has 0 saturated carbocycles. The van der Waals surface area contributed by atoms with E-state index in [-0.39, 0.29) is 22.1 Å². The van der Waals surface area contributed by atoms with Gasteiger partial charge in [-0.3, -0.25) is 14.3 Å². The first-order valence-corrected chi connectivity index (χ1v) is 15.8. The highest BCUT2D eigenvalue weighted by Crippen LogP contribution is 2.45. The molecule has 3 aromatic carbocycles. The molecule has 5 aromatic rings. The normalized spacial score (nSPS) is 13.2. The number of halogens is 1. The molecule has 0 radical (unpaired) electrons. The molecule has 0 spiro atoms. The van der Waals surface area contributed by atoms with Crippen molar-refractivity contribution < 1.29 is 22.4 Å². The molecule has 0 fully saturated rings. The number of carbonyl (C=O) groups is 2. The lowest BCUT2D eigenvalue weighted by Crippen LogP contribution is -2.33. The van der Waals surface area contributed by atoms with Gasteiger partial charge in [0.05, 0.1) is 21.7 Å². The van der Waals surface area contributed by atoms with Gasteiger partial charge in [0.25, 0.3) is 15.9 Å². The Balaban J connectivity index is 1.32. The van der Waals surface area contributed by atoms with Gasteiger partial charge >= 0.3 is 0 Å². The van der Waals surface area contributed by atoms with Crippen LogP contribution in [0.4, 0.5) is 15.1 Å². The van der Waals surface area contributed by atoms with Gasteiger partial charge < -0.3 is 10.2 Å². The van der Waals surface area contributed by atoms with Gasteiger partial charge in [-0.05, 0) is 66.6 Å². The number of amides is 2. The number of thiazole rings is 1. The summed E-state index contributed by atoms with van der Waals surface area (Å²) in [5.41, 5.74) is 3.23. The average Bonchev–Trinajstić information content (AvgIpc) is 3.53. The standard InChI is InChI=1S/C29H23FN4O4S3/c1-17(35)34-14-13-22-25(16-34)40-29(26(22)28-31-23-7-2-3-8-24(23)39-28)32-27(36)18-5-4-6-20(15-18)33-41(37,38)21-11-9-19(30)10-12-21/h2-12,15,33H,13-14,16H2,1H3,(H,32,36). The number of anilines is 2. The van der Waals surface area contributed by atoms with Gasteiger partial charge in [0.1, 0.15) is 15.8 Å². The van der Waals surface area contributed by atoms with E-state index in [1.165, 1.54) is 35.6 Å². The molecule has 2 N–H and O–H groups in total. The Kier molecular flexibility index (Phi) is 7.06. The third-order valence-electron chi connectivity index (χ3n) is 6.74. The van der Waals surface area contributed by atoms with Crippen LogP contribution in [0.3, 0.4) is 0 Å². The molecule has 1 aliphatic heterocycles. The second-order valence-electron chi connectivity index (χ2n) is 9.48. The second-order valence-corrected chi connectivity index (χ2v) is 13.3. The minimum absolute atomic E-state index is 0.00363. The summed E-state index contributed by atoms with van der Waals surface area (Å²) in [6, 6.07) is 18.5. The lowest BCUT2D eigenvalue weighted by Gasteiger charge is -2.26. The Morgan fingerprint density at radius 1 is 1.00 bits per heavy atom. The Bertz CT molecular complexity index is 1880. The number of para-hydroxylation sites is 1. The second kappa shape index (κ2) is 10.7. The minimum Gasteiger partial charge on any atom is -0.337 e. The molecule has 0 atom stereocenters. The number of rotatable bonds is 6. The van der Waals surface area contributed by atoms with Crippen LogP contribution in [0.1, 0.15) is 27.7 Å². The van der Waals surface area contributed by atoms with Crippen molar-refractivity contribution in [3.05, 3.63) is 94.6 Å². The number of nitrogens with one attached hydrogen (secondary N) is 2. The molecule has 1 aliphatic rings. The fourth-order valence-corrected chi connectivity index (χ4v) is 8.11. The lowest BCUT2D eigenvalue weighted by atomic mass is 10.0. The number of benzene rings is 3. The van der Waals surface area contributed by atoms with Crippen LogP contribution in [0.15, 0.2) is 77.7 Å². The smallest absolute Gasteiger partial charge is 0.261 e. The number of hydrogen-bond donors (Lipinski definition) is 2. The summed E-state index contributed by atoms with van der Waals surface area (Å²) < 4.78 is 42.3. The fourth-order valence-electron chi connectivity index (χ4n) is 4.69. The predicted octanol–water partition coefficient (Wildman–Crippen LogP) is 6.12. The molecule has 8 nitrogen and oxygen atoms in total. The molecule has 2 aromatic heterocycles. The monoisotopic (exact) mass is 606 g/mol. The fraction of sp³-hybridized carbons (Fsp3) is 0.138. The number of aromatic nitrogens is 1. The number of fused-ring (bicyclic) bond motifs is 2. The van der Waals surface area contributed by atoms with E-state index in [9.17, 15) is 22.4 Å². The maximum atomic E-state index is 13.5. The molecule has 12 heteroatoms. The molecule has 6 rings (SSSR count). The zero-order valence-electron chi connectivity index (χ0n) is 21.7. The van der Waals surface area contributed by atoms with Crippen molar-refractivity contribution in [2.24, 2.45) is 0 Å². The third-order valence-corrected chi connectivity index (χ3v) is 10.3. The van der Waals surface area contributed by atoms with Crippen molar-refractivity contribution in [3.8, 4) is 10.6 Å². The van der Waals surface area contributed by atoms with Crippen LogP contribution in [0.5, 0.6) is 0 Å². The summed E-state index contributed by atoms with van der Waals surface area (Å²) in [6.07, 6.45) is 0.646. The van der Waals surface area contributed by atoms with E-state index < -0.39 is 21.7 Å². The number of nitrogens with zero attached hydrogens (tertiary/aromatic N) is 2. The largest absolute Gasteiger partial charge is 0.337 e. The van der Waals surface area contributed by atoms with E-state index in [0.717, 1.165) is 43.4 Å². The molecule has 0 bridgehead atoms. The van der Waals surface area contributed by atoms with Gasteiger partial charge in [0, 0.05) is 35.2 Å². The van der Waals surface area contributed by atoms with Gasteiger partial charge in [0.2, 0.25) is 5.91 Å². The first kappa shape index (κ1) is 27.1. The Morgan fingerprint density at radius 2 is 1.78 bits per heavy atom. The zero-order chi connectivity index (χ0) is 28.7. The first-order chi connectivity index (χ1) is 19.7. The summed E-state index contributed by atoms with van der Waals surface area (Å²) >= 11 is 2.97. The van der Waals surface area contributed by atoms with Crippen LogP contribution >= 0.6 is 22.7 Å². The number of hydrogen-bond acceptors (Lipinski definition) is 7. The molecule has 0 saturated heterocycles. The molecule has 3 heterocycles. The van der Waals surface area contributed by atoms with E-state index in [4.69, 9.17) is 4.98 Å². The Labute approximate surface area is 243 Å². The maximum Gasteiger partial charge on any atom is 0.261 e. The van der Waals surface area contributed by atoms with E-state index in [2.05, 4.69) is 10.0 Å². The van der Waals surface area contributed by atoms with E-state index in [0.29, 0.717) is 24.5 Å². The highest BCUT2D eigenvalue weighted by atomic mass is 32.2. The molecule has 2 amide bonds. The molecule has 41 heavy (non-hydrogen) atoms. The summed E-state index contributed by atoms with van der Waals surface area (Å²) in [7, 11) is -3.99. The topological polar surface area (TPSA) is 108 Å². The van der Waals surface area contributed by atoms with Gasteiger partial charge in [-0.2, -0.15) is 0 Å². The highest BCUT2D eigenvalue weighted by molar-refractivity contribution is 7.92. The summed E-state index contributed by atoms with van der Waals surface area (Å²) in [6.45, 7) is 2.59. The highest BCUT2D eigenvalue weighted by Gasteiger charge is 2.29. The SMILES string of the molecule is CC(=O)N1CCc2c(sc(NC(=O)c3cccc(NS(=O)(=O)c4ccc(F)cc4)c3)c2-c2nc3ccccc3s2)C1. The maximum absolute atomic E-state index is 13.5. The van der Waals surface area contributed by atoms with E-state index in [1.807, 2.05) is 24.3 Å². The Morgan fingerprint density at radius 3 is 2.54 bits per heavy atom. The van der Waals surface area contributed by atoms with Crippen molar-refractivity contribution in [1.29, 1.82) is 0 Å². The van der Waals surface area contributed by atoms with Crippen molar-refractivity contribution in [2.75, 3.05) is 16.6 Å². The zero-order valence-corrected chi connectivity index (χ0v) is 24.1. The van der Waals surface area contributed by atoms with Crippen LogP contribution in [0.2, 0.25) is 0 Å². The first-order valence-electron chi connectivity index (χ1n) is 12.6. The van der Waals surface area contributed by atoms with Crippen LogP contribution < -0.4 is 10.0 Å². The minimum atomic E-state index is -3.99. The van der Waals surface area contributed by atoms with Crippen LogP contribution in [0.25, 0.3) is 20.8 Å². The number of thiophene rings is 1. The van der Waals surface area contributed by atoms with Gasteiger partial charge in [-0.25, -0.2) is 17.8 Å². The quantitative estimate of drug-likeness (QED) is 0.242. The summed E-state index contributed by atoms with van der Waals surface area (Å²) in [4.78, 5) is 33.1. The van der Waals surface area contributed by atoms with Gasteiger partial charge in [-0.1, -0.05) is 18.2 Å². The molecule has 208 valence electrons.